The summed E-state index contributed by atoms with van der Waals surface area (Å²) in [5.74, 6) is 0.768. The number of methoxy groups -OCH3 is 1. The summed E-state index contributed by atoms with van der Waals surface area (Å²) in [5, 5.41) is 15.3. The molecular weight excluding hydrogens is 428 g/mol. The van der Waals surface area contributed by atoms with Gasteiger partial charge in [0, 0.05) is 26.2 Å². The maximum absolute atomic E-state index is 12.4. The maximum Gasteiger partial charge on any atom is 0.230 e. The number of morpholine rings is 1. The van der Waals surface area contributed by atoms with Crippen LogP contribution >= 0.6 is 11.8 Å². The van der Waals surface area contributed by atoms with E-state index in [-0.39, 0.29) is 17.8 Å². The molecule has 1 aliphatic rings. The molecule has 0 saturated carbocycles. The summed E-state index contributed by atoms with van der Waals surface area (Å²) in [7, 11) is 1.60. The summed E-state index contributed by atoms with van der Waals surface area (Å²) in [6.07, 6.45) is -0.0275. The molecule has 0 radical (unpaired) electrons. The van der Waals surface area contributed by atoms with E-state index in [1.54, 1.807) is 11.8 Å². The van der Waals surface area contributed by atoms with Crippen LogP contribution in [0.4, 0.5) is 0 Å². The highest BCUT2D eigenvalue weighted by atomic mass is 32.2. The minimum atomic E-state index is -0.0895. The summed E-state index contributed by atoms with van der Waals surface area (Å²) in [5.41, 5.74) is 2.00. The number of hydrogen-bond acceptors (Lipinski definition) is 8. The lowest BCUT2D eigenvalue weighted by atomic mass is 10.2. The predicted octanol–water partition coefficient (Wildman–Crippen LogP) is 1.78. The SMILES string of the molecule is COc1ccccc1-n1nnnc1SCC(=O)NCC1CN(Cc2ccccc2)CCO1. The molecule has 0 spiro atoms. The Bertz CT molecular complexity index is 1020. The molecule has 0 aliphatic carbocycles. The first-order chi connectivity index (χ1) is 15.7. The lowest BCUT2D eigenvalue weighted by molar-refractivity contribution is -0.119. The van der Waals surface area contributed by atoms with Crippen LogP contribution in [0.5, 0.6) is 5.75 Å². The first-order valence-electron chi connectivity index (χ1n) is 10.4. The van der Waals surface area contributed by atoms with Gasteiger partial charge in [-0.2, -0.15) is 4.68 Å². The Kier molecular flexibility index (Phi) is 7.70. The standard InChI is InChI=1S/C22H26N6O3S/c1-30-20-10-6-5-9-19(20)28-22(24-25-26-28)32-16-21(29)23-13-18-15-27(11-12-31-18)14-17-7-3-2-4-8-17/h2-10,18H,11-16H2,1H3,(H,23,29). The van der Waals surface area contributed by atoms with Gasteiger partial charge in [-0.15, -0.1) is 5.10 Å². The maximum atomic E-state index is 12.4. The van der Waals surface area contributed by atoms with E-state index in [1.165, 1.54) is 17.3 Å². The van der Waals surface area contributed by atoms with Gasteiger partial charge in [0.05, 0.1) is 25.6 Å². The molecule has 168 valence electrons. The molecule has 1 aromatic heterocycles. The molecule has 1 N–H and O–H groups in total. The molecule has 4 rings (SSSR count). The summed E-state index contributed by atoms with van der Waals surface area (Å²) < 4.78 is 12.8. The number of aromatic nitrogens is 4. The largest absolute Gasteiger partial charge is 0.494 e. The molecule has 1 amide bonds. The summed E-state index contributed by atoms with van der Waals surface area (Å²) >= 11 is 1.27. The molecule has 1 atom stereocenters. The first-order valence-corrected chi connectivity index (χ1v) is 11.4. The van der Waals surface area contributed by atoms with Gasteiger partial charge >= 0.3 is 0 Å². The predicted molar refractivity (Wildman–Crippen MR) is 121 cm³/mol. The van der Waals surface area contributed by atoms with Crippen molar-refractivity contribution in [1.29, 1.82) is 0 Å². The van der Waals surface area contributed by atoms with Gasteiger partial charge in [-0.05, 0) is 28.1 Å². The Morgan fingerprint density at radius 1 is 1.22 bits per heavy atom. The quantitative estimate of drug-likeness (QED) is 0.489. The molecule has 1 saturated heterocycles. The third kappa shape index (κ3) is 5.84. The lowest BCUT2D eigenvalue weighted by Gasteiger charge is -2.33. The van der Waals surface area contributed by atoms with E-state index >= 15 is 0 Å². The Balaban J connectivity index is 1.25. The van der Waals surface area contributed by atoms with Crippen LogP contribution in [-0.2, 0) is 16.1 Å². The van der Waals surface area contributed by atoms with Crippen molar-refractivity contribution in [3.63, 3.8) is 0 Å². The van der Waals surface area contributed by atoms with Crippen LogP contribution in [0.2, 0.25) is 0 Å². The molecule has 10 heteroatoms. The number of amides is 1. The second-order valence-electron chi connectivity index (χ2n) is 7.35. The van der Waals surface area contributed by atoms with Crippen molar-refractivity contribution < 1.29 is 14.3 Å². The fraction of sp³-hybridized carbons (Fsp3) is 0.364. The molecule has 1 unspecified atom stereocenters. The Morgan fingerprint density at radius 2 is 2.03 bits per heavy atom. The summed E-state index contributed by atoms with van der Waals surface area (Å²) in [4.78, 5) is 14.8. The van der Waals surface area contributed by atoms with Gasteiger partial charge in [-0.1, -0.05) is 54.2 Å². The Hall–Kier alpha value is -2.95. The number of para-hydroxylation sites is 2. The Labute approximate surface area is 191 Å². The molecule has 1 fully saturated rings. The van der Waals surface area contributed by atoms with Gasteiger partial charge in [0.25, 0.3) is 0 Å². The smallest absolute Gasteiger partial charge is 0.230 e. The van der Waals surface area contributed by atoms with Crippen LogP contribution in [-0.4, -0.2) is 76.2 Å². The van der Waals surface area contributed by atoms with E-state index in [1.807, 2.05) is 30.3 Å². The van der Waals surface area contributed by atoms with E-state index in [4.69, 9.17) is 9.47 Å². The van der Waals surface area contributed by atoms with Gasteiger partial charge in [0.15, 0.2) is 0 Å². The number of thioether (sulfide) groups is 1. The highest BCUT2D eigenvalue weighted by Gasteiger charge is 2.21. The van der Waals surface area contributed by atoms with Crippen molar-refractivity contribution in [2.24, 2.45) is 0 Å². The minimum Gasteiger partial charge on any atom is -0.494 e. The van der Waals surface area contributed by atoms with Gasteiger partial charge in [-0.3, -0.25) is 9.69 Å². The van der Waals surface area contributed by atoms with Crippen molar-refractivity contribution in [2.45, 2.75) is 17.8 Å². The highest BCUT2D eigenvalue weighted by molar-refractivity contribution is 7.99. The zero-order valence-electron chi connectivity index (χ0n) is 17.9. The van der Waals surface area contributed by atoms with Crippen LogP contribution < -0.4 is 10.1 Å². The minimum absolute atomic E-state index is 0.0275. The number of carbonyl (C=O) groups excluding carboxylic acids is 1. The van der Waals surface area contributed by atoms with Crippen molar-refractivity contribution in [2.75, 3.05) is 39.1 Å². The van der Waals surface area contributed by atoms with Crippen molar-refractivity contribution in [3.8, 4) is 11.4 Å². The van der Waals surface area contributed by atoms with Gasteiger partial charge in [0.2, 0.25) is 11.1 Å². The number of benzene rings is 2. The molecule has 0 bridgehead atoms. The first kappa shape index (κ1) is 22.3. The zero-order valence-corrected chi connectivity index (χ0v) is 18.7. The second kappa shape index (κ2) is 11.1. The molecule has 2 aromatic carbocycles. The van der Waals surface area contributed by atoms with E-state index in [0.717, 1.165) is 25.3 Å². The molecule has 32 heavy (non-hydrogen) atoms. The number of nitrogens with one attached hydrogen (secondary N) is 1. The number of tetrazole rings is 1. The average Bonchev–Trinajstić information content (AvgIpc) is 3.31. The summed E-state index contributed by atoms with van der Waals surface area (Å²) in [6, 6.07) is 17.8. The number of rotatable bonds is 9. The van der Waals surface area contributed by atoms with Crippen LogP contribution in [0.3, 0.4) is 0 Å². The van der Waals surface area contributed by atoms with Crippen LogP contribution in [0, 0.1) is 0 Å². The third-order valence-electron chi connectivity index (χ3n) is 5.09. The molecule has 9 nitrogen and oxygen atoms in total. The van der Waals surface area contributed by atoms with Gasteiger partial charge in [-0.25, -0.2) is 0 Å². The molecule has 1 aliphatic heterocycles. The summed E-state index contributed by atoms with van der Waals surface area (Å²) in [6.45, 7) is 3.70. The molecular formula is C22H26N6O3S. The fourth-order valence-electron chi connectivity index (χ4n) is 3.52. The van der Waals surface area contributed by atoms with Gasteiger partial charge in [0.1, 0.15) is 11.4 Å². The van der Waals surface area contributed by atoms with Crippen molar-refractivity contribution >= 4 is 17.7 Å². The average molecular weight is 455 g/mol. The molecule has 3 aromatic rings. The van der Waals surface area contributed by atoms with E-state index < -0.39 is 0 Å². The number of ether oxygens (including phenoxy) is 2. The number of hydrogen-bond donors (Lipinski definition) is 1. The van der Waals surface area contributed by atoms with Crippen molar-refractivity contribution in [3.05, 3.63) is 60.2 Å². The van der Waals surface area contributed by atoms with Crippen LogP contribution in [0.1, 0.15) is 5.56 Å². The zero-order chi connectivity index (χ0) is 22.2. The van der Waals surface area contributed by atoms with E-state index in [2.05, 4.69) is 50.0 Å². The third-order valence-corrected chi connectivity index (χ3v) is 6.00. The van der Waals surface area contributed by atoms with Crippen LogP contribution in [0.15, 0.2) is 59.8 Å². The van der Waals surface area contributed by atoms with E-state index in [9.17, 15) is 4.79 Å². The topological polar surface area (TPSA) is 94.4 Å². The fourth-order valence-corrected chi connectivity index (χ4v) is 4.24. The normalized spacial score (nSPS) is 16.6. The monoisotopic (exact) mass is 454 g/mol. The van der Waals surface area contributed by atoms with Crippen LogP contribution in [0.25, 0.3) is 5.69 Å². The number of nitrogens with zero attached hydrogens (tertiary/aromatic N) is 5. The second-order valence-corrected chi connectivity index (χ2v) is 8.29. The Morgan fingerprint density at radius 3 is 2.88 bits per heavy atom. The highest BCUT2D eigenvalue weighted by Crippen LogP contribution is 2.25. The molecule has 2 heterocycles. The van der Waals surface area contributed by atoms with E-state index in [0.29, 0.717) is 24.1 Å². The number of carbonyl (C=O) groups is 1. The van der Waals surface area contributed by atoms with Gasteiger partial charge < -0.3 is 14.8 Å². The van der Waals surface area contributed by atoms with Crippen molar-refractivity contribution in [1.82, 2.24) is 30.4 Å². The lowest BCUT2D eigenvalue weighted by Crippen LogP contribution is -2.47.